The minimum atomic E-state index is -3.58. The number of hydrogen-bond donors (Lipinski definition) is 2. The van der Waals surface area contributed by atoms with Crippen molar-refractivity contribution in [1.29, 1.82) is 0 Å². The monoisotopic (exact) mass is 809 g/mol. The number of amides is 1. The van der Waals surface area contributed by atoms with Gasteiger partial charge in [-0.1, -0.05) is 59.9 Å². The quantitative estimate of drug-likeness (QED) is 0.103. The second-order valence-corrected chi connectivity index (χ2v) is 15.9. The van der Waals surface area contributed by atoms with Gasteiger partial charge in [0.25, 0.3) is 0 Å². The number of sulfonamides is 1. The first-order valence-corrected chi connectivity index (χ1v) is 20.6. The predicted molar refractivity (Wildman–Crippen MR) is 218 cm³/mol. The summed E-state index contributed by atoms with van der Waals surface area (Å²) in [5.41, 5.74) is 1.56. The number of carbonyl (C=O) groups is 2. The Hall–Kier alpha value is -5.89. The van der Waals surface area contributed by atoms with Crippen molar-refractivity contribution in [3.8, 4) is 34.5 Å². The van der Waals surface area contributed by atoms with E-state index in [-0.39, 0.29) is 12.8 Å². The number of rotatable bonds is 15. The van der Waals surface area contributed by atoms with Crippen LogP contribution >= 0.6 is 23.5 Å². The smallest absolute Gasteiger partial charge is 0.307 e. The molecule has 0 aliphatic rings. The molecule has 0 unspecified atom stereocenters. The van der Waals surface area contributed by atoms with E-state index >= 15 is 0 Å². The molecule has 13 heteroatoms. The van der Waals surface area contributed by atoms with Crippen LogP contribution in [-0.4, -0.2) is 45.9 Å². The van der Waals surface area contributed by atoms with Gasteiger partial charge in [0.15, 0.2) is 0 Å². The summed E-state index contributed by atoms with van der Waals surface area (Å²) in [5, 5.41) is 9.03. The van der Waals surface area contributed by atoms with Crippen LogP contribution in [0, 0.1) is 0 Å². The van der Waals surface area contributed by atoms with E-state index < -0.39 is 21.9 Å². The van der Waals surface area contributed by atoms with Crippen LogP contribution in [0.15, 0.2) is 165 Å². The van der Waals surface area contributed by atoms with E-state index in [9.17, 15) is 18.0 Å². The zero-order valence-corrected chi connectivity index (χ0v) is 33.2. The second-order valence-electron chi connectivity index (χ2n) is 12.0. The highest BCUT2D eigenvalue weighted by molar-refractivity contribution is 7.99. The lowest BCUT2D eigenvalue weighted by Gasteiger charge is -2.10. The van der Waals surface area contributed by atoms with Crippen molar-refractivity contribution < 1.29 is 42.1 Å². The van der Waals surface area contributed by atoms with Crippen molar-refractivity contribution in [1.82, 2.24) is 4.72 Å². The van der Waals surface area contributed by atoms with Crippen molar-refractivity contribution >= 4 is 45.4 Å². The van der Waals surface area contributed by atoms with Gasteiger partial charge in [-0.25, -0.2) is 8.42 Å². The Morgan fingerprint density at radius 2 is 0.875 bits per heavy atom. The van der Waals surface area contributed by atoms with Crippen molar-refractivity contribution in [3.63, 3.8) is 0 Å². The number of methoxy groups -OCH3 is 2. The maximum Gasteiger partial charge on any atom is 0.307 e. The molecule has 0 aliphatic heterocycles. The summed E-state index contributed by atoms with van der Waals surface area (Å²) in [6.45, 7) is 0. The summed E-state index contributed by atoms with van der Waals surface area (Å²) in [4.78, 5) is 26.8. The number of aliphatic carboxylic acids is 1. The van der Waals surface area contributed by atoms with Crippen LogP contribution in [0.5, 0.6) is 34.5 Å². The number of ether oxygens (including phenoxy) is 4. The number of carboxylic acids is 1. The molecule has 0 spiro atoms. The number of nitrogens with one attached hydrogen (secondary N) is 1. The molecule has 56 heavy (non-hydrogen) atoms. The van der Waals surface area contributed by atoms with E-state index in [1.165, 1.54) is 11.8 Å². The van der Waals surface area contributed by atoms with E-state index in [1.54, 1.807) is 26.0 Å². The van der Waals surface area contributed by atoms with Crippen LogP contribution in [0.2, 0.25) is 0 Å². The zero-order valence-electron chi connectivity index (χ0n) is 30.7. The molecule has 0 bridgehead atoms. The molecule has 0 radical (unpaired) electrons. The van der Waals surface area contributed by atoms with Gasteiger partial charge in [-0.3, -0.25) is 14.3 Å². The lowest BCUT2D eigenvalue weighted by molar-refractivity contribution is -0.136. The Bertz CT molecular complexity index is 2320. The fourth-order valence-corrected chi connectivity index (χ4v) is 7.42. The maximum absolute atomic E-state index is 12.0. The van der Waals surface area contributed by atoms with Gasteiger partial charge in [0.2, 0.25) is 15.9 Å². The average molecular weight is 810 g/mol. The summed E-state index contributed by atoms with van der Waals surface area (Å²) in [6.07, 6.45) is 0.956. The van der Waals surface area contributed by atoms with Crippen LogP contribution in [0.25, 0.3) is 0 Å². The Morgan fingerprint density at radius 1 is 0.536 bits per heavy atom. The fraction of sp³-hybridized carbons (Fsp3) is 0.116. The molecule has 0 fully saturated rings. The minimum absolute atomic E-state index is 0.0157. The summed E-state index contributed by atoms with van der Waals surface area (Å²) >= 11 is 3.03. The van der Waals surface area contributed by atoms with E-state index in [0.717, 1.165) is 60.0 Å². The third-order valence-corrected chi connectivity index (χ3v) is 10.5. The van der Waals surface area contributed by atoms with Crippen molar-refractivity contribution in [3.05, 3.63) is 157 Å². The summed E-state index contributed by atoms with van der Waals surface area (Å²) in [5.74, 6) is 3.03. The van der Waals surface area contributed by atoms with Gasteiger partial charge in [0.1, 0.15) is 34.5 Å². The lowest BCUT2D eigenvalue weighted by Crippen LogP contribution is -2.30. The van der Waals surface area contributed by atoms with Gasteiger partial charge in [-0.15, -0.1) is 0 Å². The Kier molecular flexibility index (Phi) is 14.9. The summed E-state index contributed by atoms with van der Waals surface area (Å²) < 4.78 is 46.4. The molecule has 6 aromatic carbocycles. The van der Waals surface area contributed by atoms with Crippen molar-refractivity contribution in [2.75, 3.05) is 20.5 Å². The molecule has 0 saturated carbocycles. The average Bonchev–Trinajstić information content (AvgIpc) is 3.18. The summed E-state index contributed by atoms with van der Waals surface area (Å²) in [7, 11) is -0.338. The number of carbonyl (C=O) groups excluding carboxylic acids is 1. The first kappa shape index (κ1) is 41.3. The predicted octanol–water partition coefficient (Wildman–Crippen LogP) is 9.52. The standard InChI is InChI=1S/C22H21NO5S2.C21H18O4S/c1-27-17-7-9-18(10-8-17)28-19-11-13-20(14-12-19)29-21-6-4-3-5-16(21)15-22(24)23-30(2,25)26;1-24-16-6-8-17(9-7-16)25-18-10-12-19(13-11-18)26-20-5-3-2-4-15(20)14-21(22)23/h3-14H,15H2,1-2H3,(H,23,24);2-13H,14H2,1H3,(H,22,23). The van der Waals surface area contributed by atoms with Crippen LogP contribution in [0.1, 0.15) is 11.1 Å². The van der Waals surface area contributed by atoms with Crippen molar-refractivity contribution in [2.24, 2.45) is 0 Å². The van der Waals surface area contributed by atoms with E-state index in [1.807, 2.05) is 150 Å². The van der Waals surface area contributed by atoms with Gasteiger partial charge in [-0.2, -0.15) is 0 Å². The number of carboxylic acid groups (broad SMARTS) is 1. The van der Waals surface area contributed by atoms with Crippen LogP contribution in [0.3, 0.4) is 0 Å². The molecule has 0 aromatic heterocycles. The number of benzene rings is 6. The van der Waals surface area contributed by atoms with E-state index in [2.05, 4.69) is 0 Å². The van der Waals surface area contributed by atoms with E-state index in [0.29, 0.717) is 11.5 Å². The molecule has 10 nitrogen and oxygen atoms in total. The Balaban J connectivity index is 0.000000216. The first-order valence-electron chi connectivity index (χ1n) is 17.0. The molecule has 0 saturated heterocycles. The fourth-order valence-electron chi connectivity index (χ4n) is 5.04. The lowest BCUT2D eigenvalue weighted by atomic mass is 10.1. The van der Waals surface area contributed by atoms with E-state index in [4.69, 9.17) is 24.1 Å². The van der Waals surface area contributed by atoms with Crippen LogP contribution in [-0.2, 0) is 32.5 Å². The minimum Gasteiger partial charge on any atom is -0.497 e. The first-order chi connectivity index (χ1) is 27.0. The molecule has 2 N–H and O–H groups in total. The van der Waals surface area contributed by atoms with Gasteiger partial charge < -0.3 is 24.1 Å². The van der Waals surface area contributed by atoms with Crippen LogP contribution in [0.4, 0.5) is 0 Å². The molecule has 1 amide bonds. The third-order valence-electron chi connectivity index (χ3n) is 7.63. The molecule has 6 rings (SSSR count). The van der Waals surface area contributed by atoms with Gasteiger partial charge in [0, 0.05) is 19.6 Å². The molecule has 0 aliphatic carbocycles. The van der Waals surface area contributed by atoms with Gasteiger partial charge in [0.05, 0.1) is 33.3 Å². The molecule has 0 heterocycles. The molecule has 288 valence electrons. The highest BCUT2D eigenvalue weighted by Crippen LogP contribution is 2.34. The molecular formula is C43H39NO9S3. The van der Waals surface area contributed by atoms with Crippen molar-refractivity contribution in [2.45, 2.75) is 32.4 Å². The molecular weight excluding hydrogens is 771 g/mol. The Labute approximate surface area is 334 Å². The van der Waals surface area contributed by atoms with Gasteiger partial charge in [-0.05, 0) is 120 Å². The highest BCUT2D eigenvalue weighted by Gasteiger charge is 2.13. The highest BCUT2D eigenvalue weighted by atomic mass is 32.2. The van der Waals surface area contributed by atoms with Crippen LogP contribution < -0.4 is 23.7 Å². The third kappa shape index (κ3) is 13.4. The SMILES string of the molecule is COc1ccc(Oc2ccc(Sc3ccccc3CC(=O)NS(C)(=O)=O)cc2)cc1.COc1ccc(Oc2ccc(Sc3ccccc3CC(=O)O)cc2)cc1. The molecule has 0 atom stereocenters. The molecule has 6 aromatic rings. The maximum atomic E-state index is 12.0. The normalized spacial score (nSPS) is 10.7. The summed E-state index contributed by atoms with van der Waals surface area (Å²) in [6, 6.07) is 45.0. The number of hydrogen-bond acceptors (Lipinski definition) is 10. The Morgan fingerprint density at radius 3 is 1.23 bits per heavy atom. The zero-order chi connectivity index (χ0) is 39.9. The second kappa shape index (κ2) is 20.1. The topological polar surface area (TPSA) is 137 Å². The largest absolute Gasteiger partial charge is 0.497 e. The van der Waals surface area contributed by atoms with Gasteiger partial charge >= 0.3 is 5.97 Å².